The van der Waals surface area contributed by atoms with Crippen LogP contribution in [0.2, 0.25) is 0 Å². The maximum atomic E-state index is 13.0. The molecular formula is C10H10FNO. The maximum absolute atomic E-state index is 13.0. The van der Waals surface area contributed by atoms with Gasteiger partial charge in [-0.1, -0.05) is 18.2 Å². The highest BCUT2D eigenvalue weighted by Gasteiger charge is 2.07. The van der Waals surface area contributed by atoms with Crippen LogP contribution in [0.1, 0.15) is 23.0 Å². The normalized spacial score (nSPS) is 11.9. The molecule has 1 rings (SSSR count). The number of rotatable bonds is 2. The summed E-state index contributed by atoms with van der Waals surface area (Å²) < 4.78 is 13.0. The highest BCUT2D eigenvalue weighted by atomic mass is 19.1. The lowest BCUT2D eigenvalue weighted by molar-refractivity contribution is 0.356. The highest BCUT2D eigenvalue weighted by molar-refractivity contribution is 5.36. The summed E-state index contributed by atoms with van der Waals surface area (Å²) in [6, 6.07) is 5.10. The molecule has 0 aliphatic carbocycles. The van der Waals surface area contributed by atoms with Crippen LogP contribution in [-0.4, -0.2) is 6.08 Å². The van der Waals surface area contributed by atoms with E-state index in [4.69, 9.17) is 0 Å². The molecule has 13 heavy (non-hydrogen) atoms. The largest absolute Gasteiger partial charge is 0.238 e. The lowest BCUT2D eigenvalue weighted by atomic mass is 10.1. The van der Waals surface area contributed by atoms with Crippen molar-refractivity contribution in [2.45, 2.75) is 20.1 Å². The molecule has 0 N–H and O–H groups in total. The number of hydrogen-bond acceptors (Lipinski definition) is 2. The molecule has 1 aromatic rings. The fraction of sp³-hybridized carbons (Fsp3) is 0.300. The fourth-order valence-corrected chi connectivity index (χ4v) is 1.03. The van der Waals surface area contributed by atoms with Gasteiger partial charge in [0.2, 0.25) is 12.4 Å². The Labute approximate surface area is 76.1 Å². The molecule has 68 valence electrons. The minimum absolute atomic E-state index is 0.395. The number of aliphatic imine (C=N–C) groups is 1. The summed E-state index contributed by atoms with van der Waals surface area (Å²) in [6.07, 6.45) is -0.386. The van der Waals surface area contributed by atoms with E-state index >= 15 is 0 Å². The van der Waals surface area contributed by atoms with Gasteiger partial charge in [0.1, 0.15) is 0 Å². The van der Waals surface area contributed by atoms with Crippen LogP contribution in [0.3, 0.4) is 0 Å². The average Bonchev–Trinajstić information content (AvgIpc) is 2.10. The van der Waals surface area contributed by atoms with E-state index in [0.717, 1.165) is 11.1 Å². The van der Waals surface area contributed by atoms with E-state index in [1.165, 1.54) is 6.08 Å². The van der Waals surface area contributed by atoms with E-state index in [0.29, 0.717) is 5.56 Å². The highest BCUT2D eigenvalue weighted by Crippen LogP contribution is 2.20. The number of halogens is 1. The molecule has 0 aromatic heterocycles. The van der Waals surface area contributed by atoms with Crippen molar-refractivity contribution < 1.29 is 9.18 Å². The minimum atomic E-state index is -1.59. The number of carbonyl (C=O) groups excluding carboxylic acids is 1. The van der Waals surface area contributed by atoms with Gasteiger partial charge in [0.05, 0.1) is 0 Å². The van der Waals surface area contributed by atoms with Crippen molar-refractivity contribution in [3.8, 4) is 0 Å². The van der Waals surface area contributed by atoms with E-state index in [9.17, 15) is 9.18 Å². The van der Waals surface area contributed by atoms with Crippen molar-refractivity contribution in [1.82, 2.24) is 0 Å². The molecular weight excluding hydrogens is 169 g/mol. The van der Waals surface area contributed by atoms with Crippen LogP contribution in [0, 0.1) is 13.8 Å². The first-order valence-corrected chi connectivity index (χ1v) is 3.93. The maximum Gasteiger partial charge on any atom is 0.238 e. The number of hydrogen-bond donors (Lipinski definition) is 0. The van der Waals surface area contributed by atoms with Crippen molar-refractivity contribution in [3.05, 3.63) is 34.9 Å². The van der Waals surface area contributed by atoms with E-state index in [1.54, 1.807) is 18.2 Å². The molecule has 0 saturated heterocycles. The Morgan fingerprint density at radius 2 is 2.08 bits per heavy atom. The first-order valence-electron chi connectivity index (χ1n) is 3.93. The second-order valence-electron chi connectivity index (χ2n) is 2.90. The van der Waals surface area contributed by atoms with Crippen LogP contribution in [0.15, 0.2) is 23.2 Å². The van der Waals surface area contributed by atoms with Gasteiger partial charge in [0.25, 0.3) is 0 Å². The summed E-state index contributed by atoms with van der Waals surface area (Å²) in [4.78, 5) is 12.8. The van der Waals surface area contributed by atoms with Gasteiger partial charge in [-0.15, -0.1) is 0 Å². The molecule has 0 amide bonds. The van der Waals surface area contributed by atoms with Gasteiger partial charge < -0.3 is 0 Å². The number of nitrogens with zero attached hydrogens (tertiary/aromatic N) is 1. The third-order valence-corrected chi connectivity index (χ3v) is 1.97. The predicted octanol–water partition coefficient (Wildman–Crippen LogP) is 2.61. The molecule has 0 radical (unpaired) electrons. The third kappa shape index (κ3) is 2.23. The summed E-state index contributed by atoms with van der Waals surface area (Å²) in [6.45, 7) is 3.82. The van der Waals surface area contributed by atoms with Gasteiger partial charge in [-0.05, 0) is 25.0 Å². The van der Waals surface area contributed by atoms with E-state index in [-0.39, 0.29) is 0 Å². The van der Waals surface area contributed by atoms with Crippen molar-refractivity contribution in [2.24, 2.45) is 4.99 Å². The Morgan fingerprint density at radius 1 is 1.38 bits per heavy atom. The van der Waals surface area contributed by atoms with E-state index < -0.39 is 6.30 Å². The standard InChI is InChI=1S/C10H10FNO/c1-7-3-4-9(5-8(7)2)10(11)12-6-13/h3-5,10H,1-2H3. The van der Waals surface area contributed by atoms with Crippen molar-refractivity contribution in [2.75, 3.05) is 0 Å². The lowest BCUT2D eigenvalue weighted by Gasteiger charge is -2.04. The molecule has 2 nitrogen and oxygen atoms in total. The smallest absolute Gasteiger partial charge is 0.215 e. The Balaban J connectivity index is 3.03. The number of benzene rings is 1. The lowest BCUT2D eigenvalue weighted by Crippen LogP contribution is -1.90. The van der Waals surface area contributed by atoms with Gasteiger partial charge in [-0.2, -0.15) is 4.99 Å². The topological polar surface area (TPSA) is 29.4 Å². The minimum Gasteiger partial charge on any atom is -0.215 e. The van der Waals surface area contributed by atoms with Gasteiger partial charge in [0.15, 0.2) is 0 Å². The Morgan fingerprint density at radius 3 is 2.62 bits per heavy atom. The summed E-state index contributed by atoms with van der Waals surface area (Å²) in [5.74, 6) is 0. The first-order chi connectivity index (χ1) is 6.15. The SMILES string of the molecule is Cc1ccc(C(F)N=C=O)cc1C. The molecule has 0 saturated carbocycles. The summed E-state index contributed by atoms with van der Waals surface area (Å²) in [7, 11) is 0. The second-order valence-corrected chi connectivity index (χ2v) is 2.90. The zero-order valence-corrected chi connectivity index (χ0v) is 7.54. The van der Waals surface area contributed by atoms with Gasteiger partial charge in [-0.3, -0.25) is 0 Å². The Bertz CT molecular complexity index is 356. The molecule has 0 heterocycles. The van der Waals surface area contributed by atoms with Crippen molar-refractivity contribution >= 4 is 6.08 Å². The van der Waals surface area contributed by atoms with Gasteiger partial charge >= 0.3 is 0 Å². The third-order valence-electron chi connectivity index (χ3n) is 1.97. The molecule has 0 aliphatic heterocycles. The Kier molecular flexibility index (Phi) is 2.93. The van der Waals surface area contributed by atoms with Crippen LogP contribution >= 0.6 is 0 Å². The summed E-state index contributed by atoms with van der Waals surface area (Å²) >= 11 is 0. The molecule has 3 heteroatoms. The zero-order valence-electron chi connectivity index (χ0n) is 7.54. The average molecular weight is 179 g/mol. The van der Waals surface area contributed by atoms with Gasteiger partial charge in [0, 0.05) is 5.56 Å². The molecule has 0 bridgehead atoms. The fourth-order valence-electron chi connectivity index (χ4n) is 1.03. The molecule has 0 aliphatic rings. The van der Waals surface area contributed by atoms with Crippen LogP contribution in [-0.2, 0) is 4.79 Å². The molecule has 1 aromatic carbocycles. The molecule has 1 atom stereocenters. The molecule has 0 spiro atoms. The summed E-state index contributed by atoms with van der Waals surface area (Å²) in [5.41, 5.74) is 2.47. The number of aryl methyl sites for hydroxylation is 2. The first kappa shape index (κ1) is 9.62. The van der Waals surface area contributed by atoms with Crippen LogP contribution in [0.25, 0.3) is 0 Å². The predicted molar refractivity (Wildman–Crippen MR) is 47.9 cm³/mol. The van der Waals surface area contributed by atoms with Crippen LogP contribution in [0.5, 0.6) is 0 Å². The van der Waals surface area contributed by atoms with Crippen molar-refractivity contribution in [3.63, 3.8) is 0 Å². The Hall–Kier alpha value is -1.47. The number of isocyanates is 1. The van der Waals surface area contributed by atoms with Crippen LogP contribution in [0.4, 0.5) is 4.39 Å². The zero-order chi connectivity index (χ0) is 9.84. The van der Waals surface area contributed by atoms with Crippen LogP contribution < -0.4 is 0 Å². The quantitative estimate of drug-likeness (QED) is 0.390. The van der Waals surface area contributed by atoms with Gasteiger partial charge in [-0.25, -0.2) is 9.18 Å². The molecule has 1 unspecified atom stereocenters. The van der Waals surface area contributed by atoms with Crippen molar-refractivity contribution in [1.29, 1.82) is 0 Å². The summed E-state index contributed by atoms with van der Waals surface area (Å²) in [5, 5.41) is 0. The molecule has 0 fully saturated rings. The van der Waals surface area contributed by atoms with E-state index in [2.05, 4.69) is 4.99 Å². The second kappa shape index (κ2) is 3.97. The number of alkyl halides is 1. The monoisotopic (exact) mass is 179 g/mol. The van der Waals surface area contributed by atoms with E-state index in [1.807, 2.05) is 13.8 Å².